The van der Waals surface area contributed by atoms with Gasteiger partial charge in [-0.1, -0.05) is 30.3 Å². The zero-order chi connectivity index (χ0) is 18.4. The Morgan fingerprint density at radius 2 is 1.92 bits per heavy atom. The summed E-state index contributed by atoms with van der Waals surface area (Å²) >= 11 is 0. The highest BCUT2D eigenvalue weighted by atomic mass is 16.5. The molecule has 1 aliphatic heterocycles. The maximum absolute atomic E-state index is 12.5. The largest absolute Gasteiger partial charge is 0.489 e. The maximum Gasteiger partial charge on any atom is 0.265 e. The lowest BCUT2D eigenvalue weighted by Gasteiger charge is -2.18. The average Bonchev–Trinajstić information content (AvgIpc) is 3.16. The molecule has 0 aromatic heterocycles. The smallest absolute Gasteiger partial charge is 0.265 e. The Hall–Kier alpha value is -2.53. The van der Waals surface area contributed by atoms with Gasteiger partial charge in [-0.25, -0.2) is 0 Å². The first-order valence-corrected chi connectivity index (χ1v) is 9.00. The molecule has 2 unspecified atom stereocenters. The number of anilines is 1. The first kappa shape index (κ1) is 18.3. The second-order valence-corrected chi connectivity index (χ2v) is 6.46. The van der Waals surface area contributed by atoms with E-state index in [0.717, 1.165) is 25.0 Å². The van der Waals surface area contributed by atoms with E-state index in [-0.39, 0.29) is 12.0 Å². The molecule has 3 rings (SSSR count). The summed E-state index contributed by atoms with van der Waals surface area (Å²) in [5.41, 5.74) is 1.63. The van der Waals surface area contributed by atoms with Gasteiger partial charge in [0.15, 0.2) is 6.10 Å². The summed E-state index contributed by atoms with van der Waals surface area (Å²) < 4.78 is 17.2. The van der Waals surface area contributed by atoms with Crippen LogP contribution in [0.5, 0.6) is 11.5 Å². The SMILES string of the molecule is Cc1ccccc1OC(C)C(=O)Nc1ccccc1OCC1CCCO1. The molecule has 138 valence electrons. The molecule has 1 aliphatic rings. The fraction of sp³-hybridized carbons (Fsp3) is 0.381. The van der Waals surface area contributed by atoms with E-state index < -0.39 is 6.10 Å². The van der Waals surface area contributed by atoms with Crippen LogP contribution in [-0.4, -0.2) is 31.3 Å². The van der Waals surface area contributed by atoms with Gasteiger partial charge in [-0.15, -0.1) is 0 Å². The third-order valence-corrected chi connectivity index (χ3v) is 4.36. The number of hydrogen-bond acceptors (Lipinski definition) is 4. The Morgan fingerprint density at radius 3 is 2.65 bits per heavy atom. The van der Waals surface area contributed by atoms with E-state index in [1.165, 1.54) is 0 Å². The van der Waals surface area contributed by atoms with Gasteiger partial charge in [0.05, 0.1) is 11.8 Å². The van der Waals surface area contributed by atoms with Gasteiger partial charge in [0.25, 0.3) is 5.91 Å². The second kappa shape index (κ2) is 8.72. The first-order valence-electron chi connectivity index (χ1n) is 9.00. The minimum Gasteiger partial charge on any atom is -0.489 e. The summed E-state index contributed by atoms with van der Waals surface area (Å²) in [7, 11) is 0. The molecule has 5 nitrogen and oxygen atoms in total. The molecule has 0 radical (unpaired) electrons. The number of para-hydroxylation sites is 3. The highest BCUT2D eigenvalue weighted by molar-refractivity contribution is 5.95. The highest BCUT2D eigenvalue weighted by Crippen LogP contribution is 2.26. The molecule has 1 N–H and O–H groups in total. The molecule has 2 atom stereocenters. The number of nitrogens with one attached hydrogen (secondary N) is 1. The molecule has 1 saturated heterocycles. The van der Waals surface area contributed by atoms with Crippen LogP contribution in [0.25, 0.3) is 0 Å². The molecule has 0 saturated carbocycles. The van der Waals surface area contributed by atoms with Gasteiger partial charge in [-0.05, 0) is 50.5 Å². The number of ether oxygens (including phenoxy) is 3. The van der Waals surface area contributed by atoms with Gasteiger partial charge in [-0.2, -0.15) is 0 Å². The van der Waals surface area contributed by atoms with Crippen molar-refractivity contribution >= 4 is 11.6 Å². The van der Waals surface area contributed by atoms with Crippen molar-refractivity contribution in [2.24, 2.45) is 0 Å². The lowest BCUT2D eigenvalue weighted by atomic mass is 10.2. The van der Waals surface area contributed by atoms with Crippen molar-refractivity contribution in [1.82, 2.24) is 0 Å². The van der Waals surface area contributed by atoms with E-state index in [9.17, 15) is 4.79 Å². The monoisotopic (exact) mass is 355 g/mol. The van der Waals surface area contributed by atoms with Crippen LogP contribution in [0.2, 0.25) is 0 Å². The third kappa shape index (κ3) is 4.76. The van der Waals surface area contributed by atoms with Gasteiger partial charge in [0.1, 0.15) is 18.1 Å². The van der Waals surface area contributed by atoms with E-state index in [2.05, 4.69) is 5.32 Å². The molecule has 1 fully saturated rings. The predicted octanol–water partition coefficient (Wildman–Crippen LogP) is 3.96. The van der Waals surface area contributed by atoms with Crippen LogP contribution in [0.4, 0.5) is 5.69 Å². The van der Waals surface area contributed by atoms with Crippen LogP contribution in [-0.2, 0) is 9.53 Å². The Bertz CT molecular complexity index is 740. The molecule has 0 bridgehead atoms. The number of aryl methyl sites for hydroxylation is 1. The Morgan fingerprint density at radius 1 is 1.19 bits per heavy atom. The molecule has 2 aromatic rings. The van der Waals surface area contributed by atoms with Gasteiger partial charge in [-0.3, -0.25) is 4.79 Å². The quantitative estimate of drug-likeness (QED) is 0.817. The minimum atomic E-state index is -0.623. The number of hydrogen-bond donors (Lipinski definition) is 1. The van der Waals surface area contributed by atoms with Crippen molar-refractivity contribution in [3.63, 3.8) is 0 Å². The number of carbonyl (C=O) groups is 1. The molecule has 1 amide bonds. The molecule has 1 heterocycles. The normalized spacial score (nSPS) is 17.5. The summed E-state index contributed by atoms with van der Waals surface area (Å²) in [6, 6.07) is 15.1. The molecule has 0 aliphatic carbocycles. The maximum atomic E-state index is 12.5. The van der Waals surface area contributed by atoms with Crippen molar-refractivity contribution < 1.29 is 19.0 Å². The van der Waals surface area contributed by atoms with Gasteiger partial charge in [0.2, 0.25) is 0 Å². The van der Waals surface area contributed by atoms with E-state index in [0.29, 0.717) is 23.8 Å². The van der Waals surface area contributed by atoms with Gasteiger partial charge >= 0.3 is 0 Å². The predicted molar refractivity (Wildman–Crippen MR) is 101 cm³/mol. The zero-order valence-corrected chi connectivity index (χ0v) is 15.2. The third-order valence-electron chi connectivity index (χ3n) is 4.36. The fourth-order valence-corrected chi connectivity index (χ4v) is 2.82. The van der Waals surface area contributed by atoms with Crippen molar-refractivity contribution in [2.45, 2.75) is 38.9 Å². The number of amides is 1. The van der Waals surface area contributed by atoms with Crippen LogP contribution in [0.1, 0.15) is 25.3 Å². The van der Waals surface area contributed by atoms with Crippen LogP contribution >= 0.6 is 0 Å². The highest BCUT2D eigenvalue weighted by Gasteiger charge is 2.19. The fourth-order valence-electron chi connectivity index (χ4n) is 2.82. The van der Waals surface area contributed by atoms with Crippen molar-refractivity contribution in [1.29, 1.82) is 0 Å². The van der Waals surface area contributed by atoms with Crippen LogP contribution in [0.3, 0.4) is 0 Å². The standard InChI is InChI=1S/C21H25NO4/c1-15-8-3-5-11-19(15)26-16(2)21(23)22-18-10-4-6-12-20(18)25-14-17-9-7-13-24-17/h3-6,8,10-12,16-17H,7,9,13-14H2,1-2H3,(H,22,23). The molecule has 5 heteroatoms. The second-order valence-electron chi connectivity index (χ2n) is 6.46. The summed E-state index contributed by atoms with van der Waals surface area (Å²) in [5, 5.41) is 2.90. The lowest BCUT2D eigenvalue weighted by Crippen LogP contribution is -2.30. The van der Waals surface area contributed by atoms with E-state index >= 15 is 0 Å². The lowest BCUT2D eigenvalue weighted by molar-refractivity contribution is -0.122. The van der Waals surface area contributed by atoms with Crippen molar-refractivity contribution in [3.8, 4) is 11.5 Å². The topological polar surface area (TPSA) is 56.8 Å². The van der Waals surface area contributed by atoms with E-state index in [4.69, 9.17) is 14.2 Å². The van der Waals surface area contributed by atoms with E-state index in [1.54, 1.807) is 6.92 Å². The number of rotatable bonds is 7. The average molecular weight is 355 g/mol. The summed E-state index contributed by atoms with van der Waals surface area (Å²) in [6.07, 6.45) is 1.58. The van der Waals surface area contributed by atoms with Crippen LogP contribution < -0.4 is 14.8 Å². The molecule has 2 aromatic carbocycles. The van der Waals surface area contributed by atoms with Crippen molar-refractivity contribution in [2.75, 3.05) is 18.5 Å². The number of carbonyl (C=O) groups excluding carboxylic acids is 1. The molecular weight excluding hydrogens is 330 g/mol. The van der Waals surface area contributed by atoms with Gasteiger partial charge < -0.3 is 19.5 Å². The molecule has 26 heavy (non-hydrogen) atoms. The van der Waals surface area contributed by atoms with Crippen LogP contribution in [0.15, 0.2) is 48.5 Å². The first-order chi connectivity index (χ1) is 12.6. The van der Waals surface area contributed by atoms with E-state index in [1.807, 2.05) is 55.5 Å². The van der Waals surface area contributed by atoms with Crippen molar-refractivity contribution in [3.05, 3.63) is 54.1 Å². The number of benzene rings is 2. The zero-order valence-electron chi connectivity index (χ0n) is 15.2. The Labute approximate surface area is 154 Å². The molecule has 0 spiro atoms. The summed E-state index contributed by atoms with van der Waals surface area (Å²) in [4.78, 5) is 12.5. The van der Waals surface area contributed by atoms with Gasteiger partial charge in [0, 0.05) is 6.61 Å². The Kier molecular flexibility index (Phi) is 6.12. The Balaban J connectivity index is 1.60. The minimum absolute atomic E-state index is 0.127. The molecular formula is C21H25NO4. The summed E-state index contributed by atoms with van der Waals surface area (Å²) in [6.45, 7) is 4.97. The van der Waals surface area contributed by atoms with Crippen LogP contribution in [0, 0.1) is 6.92 Å². The summed E-state index contributed by atoms with van der Waals surface area (Å²) in [5.74, 6) is 1.12.